The number of nitrogens with zero attached hydrogens (tertiary/aromatic N) is 1. The number of rotatable bonds is 4. The monoisotopic (exact) mass is 267 g/mol. The summed E-state index contributed by atoms with van der Waals surface area (Å²) in [4.78, 5) is 14.5. The van der Waals surface area contributed by atoms with Gasteiger partial charge in [-0.1, -0.05) is 20.8 Å². The maximum atomic E-state index is 11.9. The first-order valence-electron chi connectivity index (χ1n) is 7.67. The van der Waals surface area contributed by atoms with Gasteiger partial charge in [-0.25, -0.2) is 0 Å². The molecule has 4 heteroatoms. The molecular formula is C15H29N3O. The minimum Gasteiger partial charge on any atom is -0.368 e. The molecule has 0 aromatic carbocycles. The van der Waals surface area contributed by atoms with Gasteiger partial charge in [0.25, 0.3) is 0 Å². The molecule has 0 aromatic heterocycles. The van der Waals surface area contributed by atoms with Crippen LogP contribution in [-0.4, -0.2) is 42.0 Å². The Morgan fingerprint density at radius 1 is 1.42 bits per heavy atom. The Morgan fingerprint density at radius 2 is 2.16 bits per heavy atom. The van der Waals surface area contributed by atoms with E-state index in [-0.39, 0.29) is 5.91 Å². The number of hydrogen-bond acceptors (Lipinski definition) is 3. The summed E-state index contributed by atoms with van der Waals surface area (Å²) in [5, 5.41) is 3.37. The molecule has 3 N–H and O–H groups in total. The lowest BCUT2D eigenvalue weighted by Crippen LogP contribution is -2.60. The van der Waals surface area contributed by atoms with Gasteiger partial charge in [0, 0.05) is 12.6 Å². The van der Waals surface area contributed by atoms with E-state index >= 15 is 0 Å². The Hall–Kier alpha value is -0.610. The summed E-state index contributed by atoms with van der Waals surface area (Å²) in [6.45, 7) is 9.84. The van der Waals surface area contributed by atoms with Gasteiger partial charge in [-0.15, -0.1) is 0 Å². The van der Waals surface area contributed by atoms with Gasteiger partial charge < -0.3 is 11.1 Å². The van der Waals surface area contributed by atoms with E-state index in [1.54, 1.807) is 0 Å². The van der Waals surface area contributed by atoms with Gasteiger partial charge in [-0.05, 0) is 50.6 Å². The SMILES string of the molecule is CCNC1(C(N)=O)CCCC(N2CCC(C)(C)C2)C1. The fourth-order valence-electron chi connectivity index (χ4n) is 3.83. The van der Waals surface area contributed by atoms with Gasteiger partial charge >= 0.3 is 0 Å². The van der Waals surface area contributed by atoms with E-state index in [1.807, 2.05) is 6.92 Å². The molecule has 2 rings (SSSR count). The molecule has 1 saturated heterocycles. The lowest BCUT2D eigenvalue weighted by Gasteiger charge is -2.42. The van der Waals surface area contributed by atoms with E-state index in [1.165, 1.54) is 19.4 Å². The van der Waals surface area contributed by atoms with Crippen LogP contribution in [0.5, 0.6) is 0 Å². The van der Waals surface area contributed by atoms with Crippen molar-refractivity contribution in [2.75, 3.05) is 19.6 Å². The second-order valence-electron chi connectivity index (χ2n) is 7.11. The van der Waals surface area contributed by atoms with Crippen LogP contribution in [0.1, 0.15) is 52.9 Å². The van der Waals surface area contributed by atoms with Crippen LogP contribution >= 0.6 is 0 Å². The molecule has 4 nitrogen and oxygen atoms in total. The summed E-state index contributed by atoms with van der Waals surface area (Å²) in [5.41, 5.74) is 5.64. The molecule has 0 radical (unpaired) electrons. The molecule has 1 aliphatic heterocycles. The lowest BCUT2D eigenvalue weighted by atomic mass is 9.77. The molecule has 0 bridgehead atoms. The second-order valence-corrected chi connectivity index (χ2v) is 7.11. The molecule has 1 aliphatic carbocycles. The van der Waals surface area contributed by atoms with E-state index in [0.29, 0.717) is 11.5 Å². The summed E-state index contributed by atoms with van der Waals surface area (Å²) in [6.07, 6.45) is 5.33. The fraction of sp³-hybridized carbons (Fsp3) is 0.933. The number of carbonyl (C=O) groups excluding carboxylic acids is 1. The molecule has 2 aliphatic rings. The van der Waals surface area contributed by atoms with Gasteiger partial charge in [-0.3, -0.25) is 9.69 Å². The largest absolute Gasteiger partial charge is 0.368 e. The second kappa shape index (κ2) is 5.41. The average Bonchev–Trinajstić information content (AvgIpc) is 2.70. The normalized spacial score (nSPS) is 35.4. The highest BCUT2D eigenvalue weighted by atomic mass is 16.1. The Labute approximate surface area is 117 Å². The maximum Gasteiger partial charge on any atom is 0.237 e. The van der Waals surface area contributed by atoms with Crippen LogP contribution < -0.4 is 11.1 Å². The van der Waals surface area contributed by atoms with E-state index in [0.717, 1.165) is 32.4 Å². The molecule has 1 amide bonds. The first-order chi connectivity index (χ1) is 8.88. The summed E-state index contributed by atoms with van der Waals surface area (Å²) in [6, 6.07) is 0.516. The van der Waals surface area contributed by atoms with E-state index in [9.17, 15) is 4.79 Å². The van der Waals surface area contributed by atoms with Gasteiger partial charge in [0.2, 0.25) is 5.91 Å². The summed E-state index contributed by atoms with van der Waals surface area (Å²) >= 11 is 0. The number of nitrogens with two attached hydrogens (primary N) is 1. The van der Waals surface area contributed by atoms with Gasteiger partial charge in [-0.2, -0.15) is 0 Å². The Balaban J connectivity index is 2.06. The zero-order chi connectivity index (χ0) is 14.1. The molecule has 0 spiro atoms. The smallest absolute Gasteiger partial charge is 0.237 e. The molecule has 2 fully saturated rings. The van der Waals surface area contributed by atoms with Crippen LogP contribution in [0.2, 0.25) is 0 Å². The van der Waals surface area contributed by atoms with Gasteiger partial charge in [0.1, 0.15) is 0 Å². The lowest BCUT2D eigenvalue weighted by molar-refractivity contribution is -0.126. The van der Waals surface area contributed by atoms with Crippen LogP contribution in [0.15, 0.2) is 0 Å². The molecular weight excluding hydrogens is 238 g/mol. The predicted molar refractivity (Wildman–Crippen MR) is 77.8 cm³/mol. The summed E-state index contributed by atoms with van der Waals surface area (Å²) < 4.78 is 0. The number of nitrogens with one attached hydrogen (secondary N) is 1. The highest BCUT2D eigenvalue weighted by Gasteiger charge is 2.44. The molecule has 19 heavy (non-hydrogen) atoms. The molecule has 1 saturated carbocycles. The van der Waals surface area contributed by atoms with Crippen molar-refractivity contribution < 1.29 is 4.79 Å². The number of amides is 1. The van der Waals surface area contributed by atoms with Crippen molar-refractivity contribution >= 4 is 5.91 Å². The Bertz CT molecular complexity index is 338. The van der Waals surface area contributed by atoms with Crippen molar-refractivity contribution in [3.8, 4) is 0 Å². The molecule has 2 atom stereocenters. The van der Waals surface area contributed by atoms with Gasteiger partial charge in [0.15, 0.2) is 0 Å². The molecule has 1 heterocycles. The quantitative estimate of drug-likeness (QED) is 0.811. The number of likely N-dealkylation sites (tertiary alicyclic amines) is 1. The highest BCUT2D eigenvalue weighted by molar-refractivity contribution is 5.84. The third-order valence-corrected chi connectivity index (χ3v) is 4.94. The number of likely N-dealkylation sites (N-methyl/N-ethyl adjacent to an activating group) is 1. The zero-order valence-electron chi connectivity index (χ0n) is 12.7. The molecule has 110 valence electrons. The minimum absolute atomic E-state index is 0.169. The van der Waals surface area contributed by atoms with Crippen LogP contribution in [0, 0.1) is 5.41 Å². The van der Waals surface area contributed by atoms with E-state index < -0.39 is 5.54 Å². The first-order valence-corrected chi connectivity index (χ1v) is 7.67. The predicted octanol–water partition coefficient (Wildman–Crippen LogP) is 1.49. The van der Waals surface area contributed by atoms with E-state index in [4.69, 9.17) is 5.73 Å². The molecule has 0 aromatic rings. The summed E-state index contributed by atoms with van der Waals surface area (Å²) in [5.74, 6) is -0.169. The van der Waals surface area contributed by atoms with Crippen molar-refractivity contribution in [2.24, 2.45) is 11.1 Å². The highest BCUT2D eigenvalue weighted by Crippen LogP contribution is 2.37. The molecule has 2 unspecified atom stereocenters. The van der Waals surface area contributed by atoms with Crippen molar-refractivity contribution in [3.63, 3.8) is 0 Å². The zero-order valence-corrected chi connectivity index (χ0v) is 12.7. The van der Waals surface area contributed by atoms with Crippen molar-refractivity contribution in [2.45, 2.75) is 64.5 Å². The Morgan fingerprint density at radius 3 is 2.68 bits per heavy atom. The topological polar surface area (TPSA) is 58.4 Å². The van der Waals surface area contributed by atoms with Crippen molar-refractivity contribution in [1.82, 2.24) is 10.2 Å². The first kappa shape index (κ1) is 14.8. The van der Waals surface area contributed by atoms with Crippen LogP contribution in [0.25, 0.3) is 0 Å². The third-order valence-electron chi connectivity index (χ3n) is 4.94. The number of hydrogen-bond donors (Lipinski definition) is 2. The number of primary amides is 1. The van der Waals surface area contributed by atoms with Crippen LogP contribution in [0.3, 0.4) is 0 Å². The van der Waals surface area contributed by atoms with E-state index in [2.05, 4.69) is 24.1 Å². The minimum atomic E-state index is -0.468. The van der Waals surface area contributed by atoms with Gasteiger partial charge in [0.05, 0.1) is 5.54 Å². The Kier molecular flexibility index (Phi) is 4.21. The maximum absolute atomic E-state index is 11.9. The average molecular weight is 267 g/mol. The summed E-state index contributed by atoms with van der Waals surface area (Å²) in [7, 11) is 0. The third kappa shape index (κ3) is 3.11. The van der Waals surface area contributed by atoms with Crippen molar-refractivity contribution in [1.29, 1.82) is 0 Å². The number of carbonyl (C=O) groups is 1. The van der Waals surface area contributed by atoms with Crippen molar-refractivity contribution in [3.05, 3.63) is 0 Å². The van der Waals surface area contributed by atoms with Crippen LogP contribution in [-0.2, 0) is 4.79 Å². The fourth-order valence-corrected chi connectivity index (χ4v) is 3.83. The standard InChI is InChI=1S/C15H29N3O/c1-4-17-15(13(16)19)7-5-6-12(10-15)18-9-8-14(2,3)11-18/h12,17H,4-11H2,1-3H3,(H2,16,19). The van der Waals surface area contributed by atoms with Crippen LogP contribution in [0.4, 0.5) is 0 Å².